The molecule has 2 heterocycles. The summed E-state index contributed by atoms with van der Waals surface area (Å²) in [6.45, 7) is 4.66. The van der Waals surface area contributed by atoms with Crippen molar-refractivity contribution in [2.24, 2.45) is 11.7 Å². The second-order valence-corrected chi connectivity index (χ2v) is 8.30. The standard InChI is InChI=1S/C21H30N6O/c1-14-9-15(13-22)11-17(10-14)23-21(28)16-3-4-19-20(12-16)27(25-24-19)18-5-7-26(2)8-6-18/h9-11,16,18H,3-8,12-13,22H2,1-2H3,(H,23,28). The van der Waals surface area contributed by atoms with Crippen molar-refractivity contribution in [3.8, 4) is 0 Å². The second-order valence-electron chi connectivity index (χ2n) is 8.30. The van der Waals surface area contributed by atoms with E-state index in [2.05, 4.69) is 32.3 Å². The Morgan fingerprint density at radius 2 is 2.04 bits per heavy atom. The van der Waals surface area contributed by atoms with Crippen molar-refractivity contribution in [3.63, 3.8) is 0 Å². The summed E-state index contributed by atoms with van der Waals surface area (Å²) in [5.41, 5.74) is 11.0. The van der Waals surface area contributed by atoms with E-state index in [0.717, 1.165) is 73.4 Å². The van der Waals surface area contributed by atoms with Crippen molar-refractivity contribution < 1.29 is 4.79 Å². The van der Waals surface area contributed by atoms with Gasteiger partial charge in [0.25, 0.3) is 0 Å². The van der Waals surface area contributed by atoms with Gasteiger partial charge in [0.05, 0.1) is 17.4 Å². The van der Waals surface area contributed by atoms with Crippen molar-refractivity contribution >= 4 is 11.6 Å². The number of carbonyl (C=O) groups excluding carboxylic acids is 1. The molecule has 0 radical (unpaired) electrons. The first-order valence-electron chi connectivity index (χ1n) is 10.3. The Labute approximate surface area is 166 Å². The molecule has 1 fully saturated rings. The van der Waals surface area contributed by atoms with E-state index in [4.69, 9.17) is 5.73 Å². The molecular formula is C21H30N6O. The third-order valence-corrected chi connectivity index (χ3v) is 6.09. The quantitative estimate of drug-likeness (QED) is 0.845. The molecule has 0 bridgehead atoms. The lowest BCUT2D eigenvalue weighted by Crippen LogP contribution is -2.34. The number of fused-ring (bicyclic) bond motifs is 1. The summed E-state index contributed by atoms with van der Waals surface area (Å²) >= 11 is 0. The van der Waals surface area contributed by atoms with Crippen LogP contribution in [0.2, 0.25) is 0 Å². The number of aromatic nitrogens is 3. The Hall–Kier alpha value is -2.25. The van der Waals surface area contributed by atoms with Crippen LogP contribution in [0.1, 0.15) is 47.8 Å². The van der Waals surface area contributed by atoms with Gasteiger partial charge in [-0.15, -0.1) is 5.10 Å². The molecule has 1 amide bonds. The van der Waals surface area contributed by atoms with E-state index >= 15 is 0 Å². The summed E-state index contributed by atoms with van der Waals surface area (Å²) in [4.78, 5) is 15.3. The summed E-state index contributed by atoms with van der Waals surface area (Å²) in [5.74, 6) is 0.0354. The molecule has 2 aromatic rings. The molecule has 150 valence electrons. The van der Waals surface area contributed by atoms with E-state index in [9.17, 15) is 4.79 Å². The lowest BCUT2D eigenvalue weighted by atomic mass is 9.88. The number of amides is 1. The predicted molar refractivity (Wildman–Crippen MR) is 109 cm³/mol. The molecule has 2 aliphatic rings. The van der Waals surface area contributed by atoms with Crippen LogP contribution < -0.4 is 11.1 Å². The Balaban J connectivity index is 1.47. The fourth-order valence-corrected chi connectivity index (χ4v) is 4.45. The Kier molecular flexibility index (Phi) is 5.46. The molecule has 0 spiro atoms. The highest BCUT2D eigenvalue weighted by molar-refractivity contribution is 5.93. The first-order chi connectivity index (χ1) is 13.5. The van der Waals surface area contributed by atoms with E-state index in [0.29, 0.717) is 12.6 Å². The third-order valence-electron chi connectivity index (χ3n) is 6.09. The molecule has 7 heteroatoms. The SMILES string of the molecule is Cc1cc(CN)cc(NC(=O)C2CCc3nnn(C4CCN(C)CC4)c3C2)c1. The molecule has 3 N–H and O–H groups in total. The van der Waals surface area contributed by atoms with Crippen LogP contribution in [-0.4, -0.2) is 45.9 Å². The largest absolute Gasteiger partial charge is 0.326 e. The number of nitrogens with two attached hydrogens (primary N) is 1. The highest BCUT2D eigenvalue weighted by atomic mass is 16.1. The van der Waals surface area contributed by atoms with Crippen molar-refractivity contribution in [2.75, 3.05) is 25.5 Å². The molecule has 4 rings (SSSR count). The van der Waals surface area contributed by atoms with E-state index in [1.54, 1.807) is 0 Å². The number of likely N-dealkylation sites (tertiary alicyclic amines) is 1. The van der Waals surface area contributed by atoms with Crippen molar-refractivity contribution in [1.82, 2.24) is 19.9 Å². The summed E-state index contributed by atoms with van der Waals surface area (Å²) in [6.07, 6.45) is 4.54. The fraction of sp³-hybridized carbons (Fsp3) is 0.571. The van der Waals surface area contributed by atoms with Crippen LogP contribution in [0.15, 0.2) is 18.2 Å². The minimum absolute atomic E-state index is 0.0437. The summed E-state index contributed by atoms with van der Waals surface area (Å²) < 4.78 is 2.11. The van der Waals surface area contributed by atoms with Crippen LogP contribution >= 0.6 is 0 Å². The number of rotatable bonds is 4. The molecule has 7 nitrogen and oxygen atoms in total. The van der Waals surface area contributed by atoms with Gasteiger partial charge in [0, 0.05) is 24.6 Å². The van der Waals surface area contributed by atoms with E-state index < -0.39 is 0 Å². The zero-order valence-corrected chi connectivity index (χ0v) is 16.8. The lowest BCUT2D eigenvalue weighted by Gasteiger charge is -2.30. The van der Waals surface area contributed by atoms with Gasteiger partial charge in [0.1, 0.15) is 0 Å². The van der Waals surface area contributed by atoms with Crippen LogP contribution in [0.3, 0.4) is 0 Å². The number of carbonyl (C=O) groups is 1. The first-order valence-corrected chi connectivity index (χ1v) is 10.3. The van der Waals surface area contributed by atoms with Crippen LogP contribution in [0, 0.1) is 12.8 Å². The molecule has 1 saturated heterocycles. The number of benzene rings is 1. The molecule has 1 aromatic heterocycles. The average molecular weight is 383 g/mol. The molecular weight excluding hydrogens is 352 g/mol. The van der Waals surface area contributed by atoms with Crippen LogP contribution in [0.25, 0.3) is 0 Å². The normalized spacial score (nSPS) is 20.8. The number of anilines is 1. The van der Waals surface area contributed by atoms with Gasteiger partial charge in [-0.05, 0) is 76.0 Å². The van der Waals surface area contributed by atoms with Crippen LogP contribution in [-0.2, 0) is 24.2 Å². The Morgan fingerprint density at radius 1 is 1.25 bits per heavy atom. The van der Waals surface area contributed by atoms with Gasteiger partial charge in [0.15, 0.2) is 0 Å². The topological polar surface area (TPSA) is 89.1 Å². The number of aryl methyl sites for hydroxylation is 2. The second kappa shape index (κ2) is 8.01. The summed E-state index contributed by atoms with van der Waals surface area (Å²) in [6, 6.07) is 6.41. The molecule has 1 unspecified atom stereocenters. The van der Waals surface area contributed by atoms with Gasteiger partial charge in [0.2, 0.25) is 5.91 Å². The fourth-order valence-electron chi connectivity index (χ4n) is 4.45. The maximum Gasteiger partial charge on any atom is 0.227 e. The number of piperidine rings is 1. The van der Waals surface area contributed by atoms with Gasteiger partial charge in [-0.25, -0.2) is 4.68 Å². The molecule has 0 saturated carbocycles. The van der Waals surface area contributed by atoms with Gasteiger partial charge in [-0.2, -0.15) is 0 Å². The van der Waals surface area contributed by atoms with Gasteiger partial charge >= 0.3 is 0 Å². The summed E-state index contributed by atoms with van der Waals surface area (Å²) in [5, 5.41) is 12.0. The Morgan fingerprint density at radius 3 is 2.79 bits per heavy atom. The monoisotopic (exact) mass is 382 g/mol. The summed E-state index contributed by atoms with van der Waals surface area (Å²) in [7, 11) is 2.16. The zero-order chi connectivity index (χ0) is 19.7. The van der Waals surface area contributed by atoms with Crippen molar-refractivity contribution in [3.05, 3.63) is 40.7 Å². The highest BCUT2D eigenvalue weighted by Crippen LogP contribution is 2.30. The smallest absolute Gasteiger partial charge is 0.227 e. The number of nitrogens with one attached hydrogen (secondary N) is 1. The number of nitrogens with zero attached hydrogens (tertiary/aromatic N) is 4. The van der Waals surface area contributed by atoms with E-state index in [1.807, 2.05) is 25.1 Å². The number of hydrogen-bond acceptors (Lipinski definition) is 5. The lowest BCUT2D eigenvalue weighted by molar-refractivity contribution is -0.120. The minimum Gasteiger partial charge on any atom is -0.326 e. The van der Waals surface area contributed by atoms with Crippen LogP contribution in [0.5, 0.6) is 0 Å². The highest BCUT2D eigenvalue weighted by Gasteiger charge is 2.31. The maximum atomic E-state index is 12.9. The van der Waals surface area contributed by atoms with E-state index in [1.165, 1.54) is 0 Å². The zero-order valence-electron chi connectivity index (χ0n) is 16.8. The Bertz CT molecular complexity index is 853. The van der Waals surface area contributed by atoms with E-state index in [-0.39, 0.29) is 11.8 Å². The van der Waals surface area contributed by atoms with Crippen molar-refractivity contribution in [1.29, 1.82) is 0 Å². The molecule has 1 aromatic carbocycles. The predicted octanol–water partition coefficient (Wildman–Crippen LogP) is 2.06. The molecule has 1 aliphatic carbocycles. The first kappa shape index (κ1) is 19.1. The van der Waals surface area contributed by atoms with Crippen LogP contribution in [0.4, 0.5) is 5.69 Å². The maximum absolute atomic E-state index is 12.9. The van der Waals surface area contributed by atoms with Gasteiger partial charge in [-0.3, -0.25) is 4.79 Å². The average Bonchev–Trinajstić information content (AvgIpc) is 3.11. The van der Waals surface area contributed by atoms with Gasteiger partial charge < -0.3 is 16.0 Å². The molecule has 28 heavy (non-hydrogen) atoms. The van der Waals surface area contributed by atoms with Crippen molar-refractivity contribution in [2.45, 2.75) is 51.6 Å². The van der Waals surface area contributed by atoms with Gasteiger partial charge in [-0.1, -0.05) is 11.3 Å². The minimum atomic E-state index is -0.0437. The molecule has 1 atom stereocenters. The molecule has 1 aliphatic heterocycles. The number of hydrogen-bond donors (Lipinski definition) is 2. The third kappa shape index (κ3) is 3.95.